The highest BCUT2D eigenvalue weighted by Gasteiger charge is 2.39. The molecule has 0 spiro atoms. The number of carbonyl (C=O) groups excluding carboxylic acids is 6. The van der Waals surface area contributed by atoms with Crippen molar-refractivity contribution in [3.05, 3.63) is 421 Å². The Hall–Kier alpha value is -13.8. The summed E-state index contributed by atoms with van der Waals surface area (Å²) in [6.45, 7) is 57.4. The number of ketones is 4. The fraction of sp³-hybridized carbons (Fsp3) is 0.314. The van der Waals surface area contributed by atoms with E-state index in [0.29, 0.717) is 104 Å². The van der Waals surface area contributed by atoms with E-state index in [-0.39, 0.29) is 120 Å². The van der Waals surface area contributed by atoms with Crippen LogP contribution in [0.1, 0.15) is 217 Å². The van der Waals surface area contributed by atoms with E-state index in [1.807, 2.05) is 4.90 Å². The van der Waals surface area contributed by atoms with Gasteiger partial charge in [0, 0.05) is 122 Å². The van der Waals surface area contributed by atoms with Gasteiger partial charge in [-0.3, -0.25) is 43.2 Å². The van der Waals surface area contributed by atoms with Crippen molar-refractivity contribution in [2.45, 2.75) is 198 Å². The Morgan fingerprint density at radius 1 is 0.490 bits per heavy atom. The van der Waals surface area contributed by atoms with Crippen LogP contribution in [0.5, 0.6) is 0 Å². The SMILES string of the molecule is [C-]#[N+]c1c(CC(=O)c2ccccc2F)sc2c1CCC(OCC#CCNC(=O)C(=C)Cn1cccn1)C2.[C-]#[N+]c1c(CC(=O)c2ccccc2F)sc2c1CCC(c1cccc3c1CN(C(=O)C=C)C3)C2.[C-]#[N+]c1c(CC(=O)c2ccccc2F)sc2c1CCC(c1cccc3c1CN(CC(=C)CO)CC3)C2.[C-]#[N+]c1c(CC(=O)c2ccccc2F)sc2c1CCC(c1cccc3c1CN(CC(=C)S(=O)(=O)C(C)(C)C)C3)C2. The molecule has 29 heteroatoms. The number of carbonyl (C=O) groups is 6. The molecule has 0 saturated carbocycles. The lowest BCUT2D eigenvalue weighted by atomic mass is 9.79. The Balaban J connectivity index is 0.000000140. The summed E-state index contributed by atoms with van der Waals surface area (Å²) in [5.41, 5.74) is 19.5. The van der Waals surface area contributed by atoms with Crippen LogP contribution in [0.15, 0.2) is 219 Å². The number of ether oxygens (including phenoxy) is 1. The molecule has 7 aromatic carbocycles. The zero-order chi connectivity index (χ0) is 104. The van der Waals surface area contributed by atoms with Crippen molar-refractivity contribution in [2.75, 3.05) is 39.4 Å². The van der Waals surface area contributed by atoms with Crippen LogP contribution in [-0.4, -0.2) is 123 Å². The number of fused-ring (bicyclic) bond motifs is 7. The van der Waals surface area contributed by atoms with Gasteiger partial charge in [-0.05, 0) is 274 Å². The first-order chi connectivity index (χ1) is 70.8. The summed E-state index contributed by atoms with van der Waals surface area (Å²) in [4.78, 5) is 104. The summed E-state index contributed by atoms with van der Waals surface area (Å²) in [5, 5.41) is 16.2. The third kappa shape index (κ3) is 24.2. The molecule has 0 saturated heterocycles. The molecule has 8 heterocycles. The molecule has 12 aromatic rings. The van der Waals surface area contributed by atoms with E-state index in [9.17, 15) is 59.9 Å². The number of halogens is 4. The topological polar surface area (TPSA) is 223 Å². The smallest absolute Gasteiger partial charge is 0.249 e. The molecule has 4 unspecified atom stereocenters. The number of thiophene rings is 4. The first kappa shape index (κ1) is 106. The largest absolute Gasteiger partial charge is 0.392 e. The highest BCUT2D eigenvalue weighted by Crippen LogP contribution is 2.51. The lowest BCUT2D eigenvalue weighted by Gasteiger charge is -2.33. The molecule has 20 nitrogen and oxygen atoms in total. The molecule has 4 atom stereocenters. The second-order valence-corrected chi connectivity index (χ2v) is 46.3. The number of aromatic nitrogens is 2. The van der Waals surface area contributed by atoms with Crippen molar-refractivity contribution >= 4 is 113 Å². The molecule has 750 valence electrons. The lowest BCUT2D eigenvalue weighted by molar-refractivity contribution is -0.126. The van der Waals surface area contributed by atoms with Crippen molar-refractivity contribution in [3.8, 4) is 11.8 Å². The van der Waals surface area contributed by atoms with Crippen molar-refractivity contribution in [3.63, 3.8) is 0 Å². The average molecular weight is 2060 g/mol. The number of aliphatic hydroxyl groups is 1. The van der Waals surface area contributed by atoms with Gasteiger partial charge in [-0.15, -0.1) is 0 Å². The third-order valence-electron chi connectivity index (χ3n) is 28.3. The number of nitrogens with zero attached hydrogens (tertiary/aromatic N) is 9. The van der Waals surface area contributed by atoms with Crippen LogP contribution in [-0.2, 0) is 147 Å². The number of aliphatic hydroxyl groups excluding tert-OH is 1. The number of sulfone groups is 1. The quantitative estimate of drug-likeness (QED) is 0.0116. The first-order valence-corrected chi connectivity index (χ1v) is 53.6. The first-order valence-electron chi connectivity index (χ1n) is 48.9. The standard InChI is InChI=1S/C32H33FN2O3S2.C30H29FN2O2S.C28H25FN4O3S.C28H23FN2O2S/c1-20(40(37,38)32(2,3)4)17-35-18-22-9-8-11-23(26(22)19-35)21-13-14-25-29(15-21)39-30(31(25)34-5)16-28(36)24-10-6-7-12-27(24)33;1-19(18-34)16-33-13-12-20-6-5-8-22(25(20)17-33)21-10-11-24-28(14-21)36-29(30(24)32-2)15-27(35)23-7-3-4-9-26(23)31;1-19(18-33-14-7-13-32-33)28(35)31-12-5-6-15-36-20-10-11-22-25(16-20)37-26(27(22)30-2)17-24(34)21-8-3-4-9-23(21)29;1-3-27(33)31-15-18-7-6-9-19(22(18)16-31)17-11-12-21-25(13-17)34-26(28(21)30-2)14-24(32)20-8-4-5-10-23(20)29/h6-12,21H,1,13-19H2,2-4H3;3-9,21,34H,1,10-18H2;3-4,7-9,13-14,20H,1,10-12,15-18H2,(H,31,35);3-10,17H,1,11-16H2. The molecule has 19 rings (SSSR count). The number of nitrogens with one attached hydrogen (secondary N) is 1. The number of Topliss-reactive ketones (excluding diaryl/α,β-unsaturated/α-hetero) is 4. The molecule has 0 bridgehead atoms. The van der Waals surface area contributed by atoms with Crippen molar-refractivity contribution in [1.82, 2.24) is 29.8 Å². The Labute approximate surface area is 871 Å². The van der Waals surface area contributed by atoms with Crippen LogP contribution >= 0.6 is 45.3 Å². The molecule has 147 heavy (non-hydrogen) atoms. The number of rotatable bonds is 28. The number of benzene rings is 7. The Morgan fingerprint density at radius 2 is 0.891 bits per heavy atom. The summed E-state index contributed by atoms with van der Waals surface area (Å²) in [7, 11) is -3.45. The van der Waals surface area contributed by atoms with Crippen LogP contribution in [0, 0.1) is 61.4 Å². The molecule has 3 aliphatic heterocycles. The van der Waals surface area contributed by atoms with Gasteiger partial charge >= 0.3 is 0 Å². The highest BCUT2D eigenvalue weighted by atomic mass is 32.2. The minimum Gasteiger partial charge on any atom is -0.392 e. The summed E-state index contributed by atoms with van der Waals surface area (Å²) in [6.07, 6.45) is 15.5. The van der Waals surface area contributed by atoms with E-state index in [2.05, 4.69) is 132 Å². The van der Waals surface area contributed by atoms with Gasteiger partial charge < -0.3 is 20.1 Å². The molecule has 5 aromatic heterocycles. The van der Waals surface area contributed by atoms with Crippen LogP contribution in [0.25, 0.3) is 19.4 Å². The second kappa shape index (κ2) is 47.3. The Bertz CT molecular complexity index is 7570. The monoisotopic (exact) mass is 2060 g/mol. The molecular formula is C118H110F4N10O10S5. The van der Waals surface area contributed by atoms with E-state index in [1.54, 1.807) is 104 Å². The molecule has 7 aliphatic rings. The van der Waals surface area contributed by atoms with Gasteiger partial charge in [0.15, 0.2) is 33.0 Å². The van der Waals surface area contributed by atoms with Crippen LogP contribution < -0.4 is 5.32 Å². The van der Waals surface area contributed by atoms with Crippen molar-refractivity contribution in [2.24, 2.45) is 0 Å². The van der Waals surface area contributed by atoms with E-state index in [4.69, 9.17) is 31.0 Å². The number of hydrogen-bond acceptors (Lipinski definition) is 17. The summed E-state index contributed by atoms with van der Waals surface area (Å²) in [5.74, 6) is 3.04. The van der Waals surface area contributed by atoms with Crippen molar-refractivity contribution < 1.29 is 64.6 Å². The number of hydrogen-bond donors (Lipinski definition) is 2. The molecule has 0 radical (unpaired) electrons. The Kier molecular flexibility index (Phi) is 34.1. The maximum Gasteiger partial charge on any atom is 0.249 e. The van der Waals surface area contributed by atoms with Crippen LogP contribution in [0.4, 0.5) is 40.3 Å². The van der Waals surface area contributed by atoms with Gasteiger partial charge in [-0.25, -0.2) is 45.4 Å². The highest BCUT2D eigenvalue weighted by molar-refractivity contribution is 7.96. The van der Waals surface area contributed by atoms with Gasteiger partial charge in [0.2, 0.25) is 34.6 Å². The van der Waals surface area contributed by atoms with E-state index >= 15 is 0 Å². The summed E-state index contributed by atoms with van der Waals surface area (Å²) >= 11 is 6.03. The van der Waals surface area contributed by atoms with Gasteiger partial charge in [0.25, 0.3) is 0 Å². The van der Waals surface area contributed by atoms with Gasteiger partial charge in [-0.1, -0.05) is 141 Å². The molecule has 2 N–H and O–H groups in total. The van der Waals surface area contributed by atoms with Gasteiger partial charge in [-0.2, -0.15) is 50.4 Å². The second-order valence-electron chi connectivity index (χ2n) is 38.7. The minimum atomic E-state index is -3.45. The fourth-order valence-electron chi connectivity index (χ4n) is 20.7. The predicted octanol–water partition coefficient (Wildman–Crippen LogP) is 23.7. The van der Waals surface area contributed by atoms with E-state index in [0.717, 1.165) is 141 Å². The lowest BCUT2D eigenvalue weighted by Crippen LogP contribution is -2.33. The average Bonchev–Trinajstić information content (AvgIpc) is 1.76. The summed E-state index contributed by atoms with van der Waals surface area (Å²) in [6, 6.07) is 45.0. The molecule has 2 amide bonds. The van der Waals surface area contributed by atoms with Crippen molar-refractivity contribution in [1.29, 1.82) is 0 Å². The Morgan fingerprint density at radius 3 is 1.30 bits per heavy atom. The molecule has 0 fully saturated rings. The van der Waals surface area contributed by atoms with Crippen LogP contribution in [0.2, 0.25) is 0 Å². The zero-order valence-corrected chi connectivity index (χ0v) is 86.2. The summed E-state index contributed by atoms with van der Waals surface area (Å²) < 4.78 is 88.8. The van der Waals surface area contributed by atoms with Gasteiger partial charge in [0.05, 0.1) is 84.0 Å². The minimum absolute atomic E-state index is 0.00734. The third-order valence-corrected chi connectivity index (χ3v) is 35.7. The zero-order valence-electron chi connectivity index (χ0n) is 82.1. The predicted molar refractivity (Wildman–Crippen MR) is 569 cm³/mol. The van der Waals surface area contributed by atoms with E-state index < -0.39 is 37.9 Å². The molecule has 4 aliphatic carbocycles. The van der Waals surface area contributed by atoms with Gasteiger partial charge in [0.1, 0.15) is 29.9 Å². The maximum absolute atomic E-state index is 14.2. The number of amides is 2. The fourth-order valence-corrected chi connectivity index (χ4v) is 27.4. The van der Waals surface area contributed by atoms with E-state index in [1.165, 1.54) is 144 Å². The van der Waals surface area contributed by atoms with Crippen LogP contribution in [0.3, 0.4) is 0 Å². The normalized spacial score (nSPS) is 16.3. The molecular weight excluding hydrogens is 1950 g/mol. The maximum atomic E-state index is 14.2.